The number of hydrogen-bond donors (Lipinski definition) is 2. The van der Waals surface area contributed by atoms with E-state index in [9.17, 15) is 14.4 Å². The maximum atomic E-state index is 13.2. The molecule has 0 aliphatic carbocycles. The van der Waals surface area contributed by atoms with Crippen LogP contribution >= 0.6 is 0 Å². The number of pyridine rings is 1. The Balaban J connectivity index is 1.57. The SMILES string of the molecule is NC(=O)C(=O)C(Cc1ccccc1)NC(=O)c1cccnc1-n1ccc(Cc2ccccc2)n1. The highest BCUT2D eigenvalue weighted by Crippen LogP contribution is 2.14. The molecule has 2 aromatic heterocycles. The van der Waals surface area contributed by atoms with Crippen LogP contribution in [0.2, 0.25) is 0 Å². The second kappa shape index (κ2) is 10.4. The molecule has 1 atom stereocenters. The lowest BCUT2D eigenvalue weighted by Crippen LogP contribution is -2.47. The van der Waals surface area contributed by atoms with Crippen LogP contribution in [0.3, 0.4) is 0 Å². The molecule has 0 fully saturated rings. The molecule has 0 aliphatic rings. The first kappa shape index (κ1) is 22.6. The zero-order valence-corrected chi connectivity index (χ0v) is 18.3. The van der Waals surface area contributed by atoms with E-state index in [2.05, 4.69) is 15.4 Å². The minimum absolute atomic E-state index is 0.132. The van der Waals surface area contributed by atoms with Gasteiger partial charge in [0.05, 0.1) is 11.3 Å². The van der Waals surface area contributed by atoms with Gasteiger partial charge < -0.3 is 11.1 Å². The van der Waals surface area contributed by atoms with E-state index >= 15 is 0 Å². The number of carbonyl (C=O) groups excluding carboxylic acids is 3. The van der Waals surface area contributed by atoms with Crippen LogP contribution < -0.4 is 11.1 Å². The van der Waals surface area contributed by atoms with Gasteiger partial charge in [-0.25, -0.2) is 9.67 Å². The van der Waals surface area contributed by atoms with Crippen molar-refractivity contribution < 1.29 is 14.4 Å². The normalized spacial score (nSPS) is 11.5. The van der Waals surface area contributed by atoms with Crippen molar-refractivity contribution in [1.82, 2.24) is 20.1 Å². The minimum Gasteiger partial charge on any atom is -0.363 e. The summed E-state index contributed by atoms with van der Waals surface area (Å²) in [5, 5.41) is 7.21. The summed E-state index contributed by atoms with van der Waals surface area (Å²) in [4.78, 5) is 41.5. The van der Waals surface area contributed by atoms with Crippen molar-refractivity contribution >= 4 is 17.6 Å². The number of benzene rings is 2. The van der Waals surface area contributed by atoms with E-state index in [1.54, 1.807) is 36.7 Å². The number of nitrogens with zero attached hydrogens (tertiary/aromatic N) is 3. The summed E-state index contributed by atoms with van der Waals surface area (Å²) in [6.45, 7) is 0. The lowest BCUT2D eigenvalue weighted by atomic mass is 10.0. The molecule has 0 radical (unpaired) electrons. The summed E-state index contributed by atoms with van der Waals surface area (Å²) in [7, 11) is 0. The zero-order chi connectivity index (χ0) is 23.9. The van der Waals surface area contributed by atoms with Gasteiger partial charge in [0.1, 0.15) is 6.04 Å². The summed E-state index contributed by atoms with van der Waals surface area (Å²) in [6, 6.07) is 23.0. The molecule has 1 unspecified atom stereocenters. The number of aromatic nitrogens is 3. The van der Waals surface area contributed by atoms with E-state index in [0.717, 1.165) is 16.8 Å². The number of ketones is 1. The number of nitrogens with two attached hydrogens (primary N) is 1. The van der Waals surface area contributed by atoms with Crippen LogP contribution in [-0.4, -0.2) is 38.4 Å². The van der Waals surface area contributed by atoms with Crippen LogP contribution in [0.4, 0.5) is 0 Å². The molecular formula is C26H23N5O3. The van der Waals surface area contributed by atoms with Crippen molar-refractivity contribution in [2.24, 2.45) is 5.73 Å². The van der Waals surface area contributed by atoms with Crippen LogP contribution in [-0.2, 0) is 22.4 Å². The summed E-state index contributed by atoms with van der Waals surface area (Å²) in [5.41, 5.74) is 8.15. The van der Waals surface area contributed by atoms with E-state index in [1.807, 2.05) is 54.6 Å². The zero-order valence-electron chi connectivity index (χ0n) is 18.3. The largest absolute Gasteiger partial charge is 0.363 e. The van der Waals surface area contributed by atoms with Gasteiger partial charge in [-0.3, -0.25) is 14.4 Å². The monoisotopic (exact) mass is 453 g/mol. The molecule has 0 aliphatic heterocycles. The first-order valence-electron chi connectivity index (χ1n) is 10.7. The van der Waals surface area contributed by atoms with Crippen molar-refractivity contribution in [3.05, 3.63) is 114 Å². The maximum absolute atomic E-state index is 13.2. The average molecular weight is 454 g/mol. The van der Waals surface area contributed by atoms with Crippen molar-refractivity contribution in [3.63, 3.8) is 0 Å². The number of Topliss-reactive ketones (excluding diaryl/α,β-unsaturated/α-hetero) is 1. The first-order chi connectivity index (χ1) is 16.5. The van der Waals surface area contributed by atoms with Gasteiger partial charge in [0.25, 0.3) is 11.8 Å². The lowest BCUT2D eigenvalue weighted by molar-refractivity contribution is -0.137. The fourth-order valence-corrected chi connectivity index (χ4v) is 3.60. The molecular weight excluding hydrogens is 430 g/mol. The van der Waals surface area contributed by atoms with E-state index in [-0.39, 0.29) is 12.0 Å². The van der Waals surface area contributed by atoms with Crippen LogP contribution in [0.5, 0.6) is 0 Å². The Morgan fingerprint density at radius 2 is 1.56 bits per heavy atom. The Bertz CT molecular complexity index is 1300. The Kier molecular flexibility index (Phi) is 6.88. The van der Waals surface area contributed by atoms with Gasteiger partial charge in [-0.05, 0) is 29.3 Å². The van der Waals surface area contributed by atoms with Gasteiger partial charge in [-0.1, -0.05) is 60.7 Å². The maximum Gasteiger partial charge on any atom is 0.287 e. The average Bonchev–Trinajstić information content (AvgIpc) is 3.32. The molecule has 8 nitrogen and oxygen atoms in total. The highest BCUT2D eigenvalue weighted by molar-refractivity contribution is 6.38. The van der Waals surface area contributed by atoms with Gasteiger partial charge in [0.2, 0.25) is 5.78 Å². The van der Waals surface area contributed by atoms with Crippen LogP contribution in [0, 0.1) is 0 Å². The molecule has 170 valence electrons. The van der Waals surface area contributed by atoms with Crippen LogP contribution in [0.25, 0.3) is 5.82 Å². The third-order valence-corrected chi connectivity index (χ3v) is 5.27. The van der Waals surface area contributed by atoms with Crippen LogP contribution in [0.1, 0.15) is 27.2 Å². The highest BCUT2D eigenvalue weighted by Gasteiger charge is 2.27. The quantitative estimate of drug-likeness (QED) is 0.377. The number of nitrogens with one attached hydrogen (secondary N) is 1. The third-order valence-electron chi connectivity index (χ3n) is 5.27. The second-order valence-electron chi connectivity index (χ2n) is 7.73. The summed E-state index contributed by atoms with van der Waals surface area (Å²) >= 11 is 0. The Hall–Kier alpha value is -4.59. The van der Waals surface area contributed by atoms with Crippen molar-refractivity contribution in [2.75, 3.05) is 0 Å². The summed E-state index contributed by atoms with van der Waals surface area (Å²) in [6.07, 6.45) is 4.05. The fourth-order valence-electron chi connectivity index (χ4n) is 3.60. The van der Waals surface area contributed by atoms with Gasteiger partial charge in [-0.15, -0.1) is 0 Å². The number of primary amides is 1. The number of amides is 2. The topological polar surface area (TPSA) is 120 Å². The smallest absolute Gasteiger partial charge is 0.287 e. The second-order valence-corrected chi connectivity index (χ2v) is 7.73. The molecule has 3 N–H and O–H groups in total. The number of carbonyl (C=O) groups is 3. The van der Waals surface area contributed by atoms with Crippen LogP contribution in [0.15, 0.2) is 91.3 Å². The predicted molar refractivity (Wildman–Crippen MR) is 126 cm³/mol. The predicted octanol–water partition coefficient (Wildman–Crippen LogP) is 2.25. The molecule has 0 bridgehead atoms. The van der Waals surface area contributed by atoms with Crippen molar-refractivity contribution in [1.29, 1.82) is 0 Å². The molecule has 2 aromatic carbocycles. The molecule has 2 amide bonds. The molecule has 2 heterocycles. The summed E-state index contributed by atoms with van der Waals surface area (Å²) in [5.74, 6) is -2.22. The summed E-state index contributed by atoms with van der Waals surface area (Å²) < 4.78 is 1.52. The molecule has 34 heavy (non-hydrogen) atoms. The Morgan fingerprint density at radius 3 is 2.24 bits per heavy atom. The van der Waals surface area contributed by atoms with Gasteiger partial charge in [0, 0.05) is 25.2 Å². The molecule has 0 saturated carbocycles. The standard InChI is InChI=1S/C26H23N5O3/c27-24(33)23(32)22(17-19-10-5-2-6-11-19)29-26(34)21-12-7-14-28-25(21)31-15-13-20(30-31)16-18-8-3-1-4-9-18/h1-15,22H,16-17H2,(H2,27,33)(H,29,34). The van der Waals surface area contributed by atoms with E-state index in [0.29, 0.717) is 12.2 Å². The Labute approximate surface area is 196 Å². The van der Waals surface area contributed by atoms with Gasteiger partial charge in [0.15, 0.2) is 5.82 Å². The number of hydrogen-bond acceptors (Lipinski definition) is 5. The molecule has 4 aromatic rings. The van der Waals surface area contributed by atoms with E-state index < -0.39 is 23.6 Å². The molecule has 0 saturated heterocycles. The van der Waals surface area contributed by atoms with Crippen molar-refractivity contribution in [3.8, 4) is 5.82 Å². The van der Waals surface area contributed by atoms with Crippen molar-refractivity contribution in [2.45, 2.75) is 18.9 Å². The number of rotatable bonds is 9. The highest BCUT2D eigenvalue weighted by atomic mass is 16.2. The van der Waals surface area contributed by atoms with Gasteiger partial charge >= 0.3 is 0 Å². The first-order valence-corrected chi connectivity index (χ1v) is 10.7. The Morgan fingerprint density at radius 1 is 0.882 bits per heavy atom. The lowest BCUT2D eigenvalue weighted by Gasteiger charge is -2.17. The fraction of sp³-hybridized carbons (Fsp3) is 0.115. The third kappa shape index (κ3) is 5.42. The molecule has 0 spiro atoms. The molecule has 8 heteroatoms. The van der Waals surface area contributed by atoms with Gasteiger partial charge in [-0.2, -0.15) is 5.10 Å². The minimum atomic E-state index is -1.11. The molecule has 4 rings (SSSR count). The van der Waals surface area contributed by atoms with E-state index in [4.69, 9.17) is 5.73 Å². The van der Waals surface area contributed by atoms with E-state index in [1.165, 1.54) is 4.68 Å².